The summed E-state index contributed by atoms with van der Waals surface area (Å²) >= 11 is 0. The molecule has 4 rings (SSSR count). The molecule has 0 aliphatic carbocycles. The number of anilines is 1. The fourth-order valence-electron chi connectivity index (χ4n) is 3.64. The van der Waals surface area contributed by atoms with Crippen LogP contribution in [0.1, 0.15) is 35.5 Å². The monoisotopic (exact) mass is 400 g/mol. The van der Waals surface area contributed by atoms with Crippen LogP contribution in [0.2, 0.25) is 0 Å². The highest BCUT2D eigenvalue weighted by Crippen LogP contribution is 2.37. The van der Waals surface area contributed by atoms with Crippen LogP contribution in [0.3, 0.4) is 0 Å². The van der Waals surface area contributed by atoms with Gasteiger partial charge in [0, 0.05) is 28.3 Å². The minimum absolute atomic E-state index is 0.183. The maximum absolute atomic E-state index is 11.2. The molecule has 0 saturated heterocycles. The lowest BCUT2D eigenvalue weighted by Gasteiger charge is -2.18. The second-order valence-corrected chi connectivity index (χ2v) is 7.36. The minimum Gasteiger partial charge on any atom is -0.505 e. The van der Waals surface area contributed by atoms with Crippen LogP contribution in [0.25, 0.3) is 10.9 Å². The van der Waals surface area contributed by atoms with Crippen molar-refractivity contribution in [1.29, 1.82) is 0 Å². The lowest BCUT2D eigenvalue weighted by Crippen LogP contribution is -2.20. The Morgan fingerprint density at radius 2 is 1.83 bits per heavy atom. The second kappa shape index (κ2) is 8.41. The topological polar surface area (TPSA) is 68.5 Å². The summed E-state index contributed by atoms with van der Waals surface area (Å²) in [6.45, 7) is 6.50. The highest BCUT2D eigenvalue weighted by Gasteiger charge is 2.25. The van der Waals surface area contributed by atoms with Gasteiger partial charge in [-0.25, -0.2) is 9.97 Å². The zero-order valence-electron chi connectivity index (χ0n) is 17.4. The molecule has 0 amide bonds. The maximum atomic E-state index is 11.2. The first-order valence-electron chi connectivity index (χ1n) is 10.1. The third kappa shape index (κ3) is 4.06. The highest BCUT2D eigenvalue weighted by molar-refractivity contribution is 5.86. The number of rotatable bonds is 6. The summed E-state index contributed by atoms with van der Waals surface area (Å²) in [7, 11) is 0. The first kappa shape index (κ1) is 19.7. The fraction of sp³-hybridized carbons (Fsp3) is 0.200. The van der Waals surface area contributed by atoms with Crippen LogP contribution in [-0.2, 0) is 0 Å². The molecule has 0 bridgehead atoms. The van der Waals surface area contributed by atoms with E-state index >= 15 is 0 Å². The van der Waals surface area contributed by atoms with Crippen molar-refractivity contribution in [2.45, 2.75) is 26.8 Å². The molecule has 5 heteroatoms. The number of H-pyrrole nitrogens is 1. The van der Waals surface area contributed by atoms with Gasteiger partial charge >= 0.3 is 0 Å². The predicted octanol–water partition coefficient (Wildman–Crippen LogP) is 4.97. The van der Waals surface area contributed by atoms with Gasteiger partial charge in [-0.2, -0.15) is 0 Å². The van der Waals surface area contributed by atoms with Gasteiger partial charge in [0.2, 0.25) is 0 Å². The molecular formula is C25H26N3O2+. The first-order chi connectivity index (χ1) is 14.5. The molecule has 2 aromatic heterocycles. The van der Waals surface area contributed by atoms with Gasteiger partial charge in [-0.1, -0.05) is 30.3 Å². The molecule has 0 saturated carbocycles. The van der Waals surface area contributed by atoms with Gasteiger partial charge in [0.1, 0.15) is 23.1 Å². The minimum atomic E-state index is -0.296. The highest BCUT2D eigenvalue weighted by atomic mass is 16.5. The molecule has 0 aliphatic rings. The second-order valence-electron chi connectivity index (χ2n) is 7.36. The van der Waals surface area contributed by atoms with Crippen molar-refractivity contribution >= 4 is 16.7 Å². The lowest BCUT2D eigenvalue weighted by atomic mass is 9.96. The third-order valence-corrected chi connectivity index (χ3v) is 5.06. The first-order valence-corrected chi connectivity index (χ1v) is 10.1. The van der Waals surface area contributed by atoms with Gasteiger partial charge in [-0.15, -0.1) is 0 Å². The third-order valence-electron chi connectivity index (χ3n) is 5.06. The van der Waals surface area contributed by atoms with E-state index in [1.807, 2.05) is 87.5 Å². The number of phenolic OH excluding ortho intramolecular Hbond substituents is 1. The van der Waals surface area contributed by atoms with Crippen LogP contribution in [0.5, 0.6) is 11.5 Å². The Labute approximate surface area is 176 Å². The number of ether oxygens (including phenoxy) is 1. The molecule has 0 spiro atoms. The molecule has 2 heterocycles. The van der Waals surface area contributed by atoms with Crippen molar-refractivity contribution in [1.82, 2.24) is 4.98 Å². The van der Waals surface area contributed by atoms with Crippen LogP contribution in [0, 0.1) is 13.8 Å². The number of aromatic nitrogens is 2. The van der Waals surface area contributed by atoms with Crippen LogP contribution < -0.4 is 15.0 Å². The standard InChI is InChI=1S/C25H25N3O2/c1-4-30-20-9-6-8-19(15-20)23(28-22-10-5-7-16(2)26-22)21-14-13-18-12-11-17(3)27-24(18)25(21)29/h5-15,23,29H,4H2,1-3H3,(H,26,28)/p+1/t23-/m1/s1. The number of benzene rings is 2. The van der Waals surface area contributed by atoms with E-state index in [-0.39, 0.29) is 11.8 Å². The van der Waals surface area contributed by atoms with Crippen molar-refractivity contribution < 1.29 is 14.8 Å². The van der Waals surface area contributed by atoms with E-state index in [2.05, 4.69) is 15.3 Å². The van der Waals surface area contributed by atoms with E-state index < -0.39 is 0 Å². The molecule has 3 N–H and O–H groups in total. The van der Waals surface area contributed by atoms with Crippen LogP contribution in [-0.4, -0.2) is 16.7 Å². The van der Waals surface area contributed by atoms with Gasteiger partial charge in [-0.3, -0.25) is 5.32 Å². The largest absolute Gasteiger partial charge is 0.505 e. The van der Waals surface area contributed by atoms with E-state index in [0.29, 0.717) is 12.1 Å². The average Bonchev–Trinajstić information content (AvgIpc) is 2.74. The van der Waals surface area contributed by atoms with E-state index in [9.17, 15) is 5.11 Å². The Morgan fingerprint density at radius 3 is 2.63 bits per heavy atom. The molecule has 30 heavy (non-hydrogen) atoms. The number of hydrogen-bond acceptors (Lipinski definition) is 4. The number of aromatic amines is 1. The SMILES string of the molecule is CCOc1cccc([C@@H](Nc2cccc(C)[nH+]2)c2ccc3ccc(C)nc3c2O)c1. The number of nitrogens with zero attached hydrogens (tertiary/aromatic N) is 1. The number of fused-ring (bicyclic) bond motifs is 1. The molecule has 0 aliphatic heterocycles. The Morgan fingerprint density at radius 1 is 1.03 bits per heavy atom. The van der Waals surface area contributed by atoms with Crippen molar-refractivity contribution in [3.05, 3.63) is 89.2 Å². The summed E-state index contributed by atoms with van der Waals surface area (Å²) < 4.78 is 5.71. The predicted molar refractivity (Wildman–Crippen MR) is 119 cm³/mol. The molecule has 0 radical (unpaired) electrons. The number of phenols is 1. The number of aryl methyl sites for hydroxylation is 2. The number of nitrogens with one attached hydrogen (secondary N) is 2. The van der Waals surface area contributed by atoms with Gasteiger partial charge in [0.15, 0.2) is 0 Å². The summed E-state index contributed by atoms with van der Waals surface area (Å²) in [5, 5.41) is 15.6. The number of aromatic hydroxyl groups is 1. The molecule has 1 atom stereocenters. The van der Waals surface area contributed by atoms with Crippen LogP contribution >= 0.6 is 0 Å². The summed E-state index contributed by atoms with van der Waals surface area (Å²) in [5.74, 6) is 1.84. The Balaban J connectivity index is 1.85. The molecular weight excluding hydrogens is 374 g/mol. The molecule has 0 unspecified atom stereocenters. The summed E-state index contributed by atoms with van der Waals surface area (Å²) in [6, 6.07) is 21.5. The zero-order chi connectivity index (χ0) is 21.1. The van der Waals surface area contributed by atoms with E-state index in [1.165, 1.54) is 0 Å². The number of pyridine rings is 2. The summed E-state index contributed by atoms with van der Waals surface area (Å²) in [4.78, 5) is 7.91. The van der Waals surface area contributed by atoms with Gasteiger partial charge in [0.05, 0.1) is 12.3 Å². The average molecular weight is 401 g/mol. The van der Waals surface area contributed by atoms with E-state index in [4.69, 9.17) is 4.74 Å². The van der Waals surface area contributed by atoms with E-state index in [1.54, 1.807) is 0 Å². The van der Waals surface area contributed by atoms with Crippen molar-refractivity contribution in [2.75, 3.05) is 11.9 Å². The molecule has 4 aromatic rings. The van der Waals surface area contributed by atoms with Crippen molar-refractivity contribution in [3.63, 3.8) is 0 Å². The quantitative estimate of drug-likeness (QED) is 0.479. The Bertz CT molecular complexity index is 1190. The summed E-state index contributed by atoms with van der Waals surface area (Å²) in [6.07, 6.45) is 0. The number of hydrogen-bond donors (Lipinski definition) is 2. The Hall–Kier alpha value is -3.60. The fourth-order valence-corrected chi connectivity index (χ4v) is 3.64. The maximum Gasteiger partial charge on any atom is 0.273 e. The van der Waals surface area contributed by atoms with Crippen LogP contribution in [0.15, 0.2) is 66.7 Å². The van der Waals surface area contributed by atoms with Gasteiger partial charge in [0.25, 0.3) is 5.82 Å². The van der Waals surface area contributed by atoms with Gasteiger partial charge < -0.3 is 9.84 Å². The van der Waals surface area contributed by atoms with Crippen molar-refractivity contribution in [3.8, 4) is 11.5 Å². The zero-order valence-corrected chi connectivity index (χ0v) is 17.4. The lowest BCUT2D eigenvalue weighted by molar-refractivity contribution is -0.371. The molecule has 2 aromatic carbocycles. The normalized spacial score (nSPS) is 12.0. The smallest absolute Gasteiger partial charge is 0.273 e. The summed E-state index contributed by atoms with van der Waals surface area (Å²) in [5.41, 5.74) is 4.25. The van der Waals surface area contributed by atoms with Crippen LogP contribution in [0.4, 0.5) is 5.82 Å². The molecule has 152 valence electrons. The Kier molecular flexibility index (Phi) is 5.53. The van der Waals surface area contributed by atoms with Crippen molar-refractivity contribution in [2.24, 2.45) is 0 Å². The molecule has 5 nitrogen and oxygen atoms in total. The van der Waals surface area contributed by atoms with Gasteiger partial charge in [-0.05, 0) is 51.1 Å². The molecule has 0 fully saturated rings. The van der Waals surface area contributed by atoms with E-state index in [0.717, 1.165) is 39.5 Å².